The summed E-state index contributed by atoms with van der Waals surface area (Å²) in [6.45, 7) is 0. The van der Waals surface area contributed by atoms with Crippen molar-refractivity contribution >= 4 is 28.5 Å². The Hall–Kier alpha value is -2.88. The van der Waals surface area contributed by atoms with E-state index in [4.69, 9.17) is 0 Å². The summed E-state index contributed by atoms with van der Waals surface area (Å²) in [5, 5.41) is 10.5. The molecule has 0 bridgehead atoms. The Morgan fingerprint density at radius 1 is 0.935 bits per heavy atom. The van der Waals surface area contributed by atoms with E-state index < -0.39 is 0 Å². The average Bonchev–Trinajstić information content (AvgIpc) is 3.19. The number of aromatic amines is 1. The summed E-state index contributed by atoms with van der Waals surface area (Å²) in [6, 6.07) is 15.5. The van der Waals surface area contributed by atoms with Gasteiger partial charge in [0.1, 0.15) is 0 Å². The molecule has 0 unspecified atom stereocenters. The Morgan fingerprint density at radius 3 is 2.52 bits per heavy atom. The van der Waals surface area contributed by atoms with E-state index in [1.165, 1.54) is 65.5 Å². The summed E-state index contributed by atoms with van der Waals surface area (Å²) in [7, 11) is 4.10. The lowest BCUT2D eigenvalue weighted by atomic mass is 9.83. The van der Waals surface area contributed by atoms with Crippen LogP contribution in [0.3, 0.4) is 0 Å². The molecule has 4 nitrogen and oxygen atoms in total. The van der Waals surface area contributed by atoms with Crippen LogP contribution in [-0.2, 0) is 6.42 Å². The van der Waals surface area contributed by atoms with Gasteiger partial charge in [-0.2, -0.15) is 10.2 Å². The van der Waals surface area contributed by atoms with Crippen LogP contribution < -0.4 is 4.90 Å². The maximum absolute atomic E-state index is 4.63. The van der Waals surface area contributed by atoms with Gasteiger partial charge in [0, 0.05) is 30.7 Å². The third kappa shape index (κ3) is 4.16. The molecule has 2 aliphatic carbocycles. The number of hydrogen-bond donors (Lipinski definition) is 1. The molecule has 31 heavy (non-hydrogen) atoms. The van der Waals surface area contributed by atoms with Gasteiger partial charge in [-0.15, -0.1) is 0 Å². The first kappa shape index (κ1) is 20.0. The zero-order valence-corrected chi connectivity index (χ0v) is 18.7. The van der Waals surface area contributed by atoms with Crippen molar-refractivity contribution < 1.29 is 0 Å². The fourth-order valence-electron chi connectivity index (χ4n) is 5.14. The monoisotopic (exact) mass is 412 g/mol. The molecule has 0 atom stereocenters. The molecule has 0 spiro atoms. The van der Waals surface area contributed by atoms with Crippen molar-refractivity contribution in [3.8, 4) is 0 Å². The van der Waals surface area contributed by atoms with Crippen molar-refractivity contribution in [2.75, 3.05) is 19.0 Å². The second-order valence-corrected chi connectivity index (χ2v) is 9.25. The minimum Gasteiger partial charge on any atom is -0.378 e. The smallest absolute Gasteiger partial charge is 0.0867 e. The number of nitrogens with zero attached hydrogens (tertiary/aromatic N) is 3. The maximum atomic E-state index is 4.63. The maximum Gasteiger partial charge on any atom is 0.0867 e. The van der Waals surface area contributed by atoms with Crippen LogP contribution in [0.4, 0.5) is 5.69 Å². The zero-order chi connectivity index (χ0) is 21.2. The number of nitrogens with one attached hydrogen (secondary N) is 1. The summed E-state index contributed by atoms with van der Waals surface area (Å²) in [5.74, 6) is 0.740. The number of hydrogen-bond acceptors (Lipinski definition) is 3. The number of H-pyrrole nitrogens is 1. The second-order valence-electron chi connectivity index (χ2n) is 9.25. The van der Waals surface area contributed by atoms with E-state index in [1.54, 1.807) is 0 Å². The summed E-state index contributed by atoms with van der Waals surface area (Å²) < 4.78 is 0. The van der Waals surface area contributed by atoms with E-state index in [0.717, 1.165) is 36.5 Å². The van der Waals surface area contributed by atoms with Crippen molar-refractivity contribution in [1.82, 2.24) is 4.98 Å². The first-order chi connectivity index (χ1) is 15.2. The molecule has 0 radical (unpaired) electrons. The highest BCUT2D eigenvalue weighted by Crippen LogP contribution is 2.36. The molecule has 1 saturated carbocycles. The Bertz CT molecular complexity index is 1110. The molecule has 1 heterocycles. The summed E-state index contributed by atoms with van der Waals surface area (Å²) in [4.78, 5) is 5.75. The molecule has 3 aromatic rings. The number of rotatable bonds is 4. The Morgan fingerprint density at radius 2 is 1.74 bits per heavy atom. The van der Waals surface area contributed by atoms with Gasteiger partial charge in [-0.3, -0.25) is 0 Å². The van der Waals surface area contributed by atoms with E-state index in [1.807, 2.05) is 20.3 Å². The lowest BCUT2D eigenvalue weighted by molar-refractivity contribution is 0.444. The molecule has 1 fully saturated rings. The molecule has 160 valence electrons. The van der Waals surface area contributed by atoms with Gasteiger partial charge in [-0.1, -0.05) is 37.5 Å². The number of anilines is 1. The van der Waals surface area contributed by atoms with Crippen molar-refractivity contribution in [3.63, 3.8) is 0 Å². The first-order valence-electron chi connectivity index (χ1n) is 11.7. The SMILES string of the molecule is CN(C)c1ccc(C=NN=C2CCCc3c2[nH]c2ccc(C4CCCCC4)cc32)cc1. The fourth-order valence-corrected chi connectivity index (χ4v) is 5.14. The quantitative estimate of drug-likeness (QED) is 0.389. The highest BCUT2D eigenvalue weighted by atomic mass is 15.2. The Balaban J connectivity index is 1.41. The van der Waals surface area contributed by atoms with Crippen LogP contribution in [0.1, 0.15) is 73.2 Å². The molecule has 2 aromatic carbocycles. The molecule has 2 aliphatic rings. The van der Waals surface area contributed by atoms with Crippen LogP contribution in [0.15, 0.2) is 52.7 Å². The largest absolute Gasteiger partial charge is 0.378 e. The predicted octanol–water partition coefficient (Wildman–Crippen LogP) is 6.44. The lowest BCUT2D eigenvalue weighted by Crippen LogP contribution is -2.11. The van der Waals surface area contributed by atoms with Gasteiger partial charge in [-0.05, 0) is 79.0 Å². The van der Waals surface area contributed by atoms with Crippen LogP contribution in [0, 0.1) is 0 Å². The number of fused-ring (bicyclic) bond motifs is 3. The molecule has 1 aromatic heterocycles. The van der Waals surface area contributed by atoms with Gasteiger partial charge >= 0.3 is 0 Å². The lowest BCUT2D eigenvalue weighted by Gasteiger charge is -2.22. The van der Waals surface area contributed by atoms with Gasteiger partial charge < -0.3 is 9.88 Å². The molecule has 0 aliphatic heterocycles. The third-order valence-corrected chi connectivity index (χ3v) is 6.93. The predicted molar refractivity (Wildman–Crippen MR) is 132 cm³/mol. The minimum absolute atomic E-state index is 0.740. The normalized spacial score (nSPS) is 18.7. The molecule has 1 N–H and O–H groups in total. The van der Waals surface area contributed by atoms with E-state index in [0.29, 0.717) is 0 Å². The van der Waals surface area contributed by atoms with E-state index in [9.17, 15) is 0 Å². The molecular weight excluding hydrogens is 380 g/mol. The van der Waals surface area contributed by atoms with Crippen LogP contribution in [0.5, 0.6) is 0 Å². The van der Waals surface area contributed by atoms with Gasteiger partial charge in [0.25, 0.3) is 0 Å². The number of aryl methyl sites for hydroxylation is 1. The van der Waals surface area contributed by atoms with Gasteiger partial charge in [0.15, 0.2) is 0 Å². The van der Waals surface area contributed by atoms with Crippen molar-refractivity contribution in [2.45, 2.75) is 57.3 Å². The number of benzene rings is 2. The standard InChI is InChI=1S/C27H32N4/c1-31(2)22-14-11-19(12-15-22)18-28-30-26-10-6-9-23-24-17-21(20-7-4-3-5-8-20)13-16-25(24)29-27(23)26/h11-18,20,29H,3-10H2,1-2H3. The van der Waals surface area contributed by atoms with E-state index >= 15 is 0 Å². The van der Waals surface area contributed by atoms with E-state index in [2.05, 4.69) is 62.6 Å². The summed E-state index contributed by atoms with van der Waals surface area (Å²) >= 11 is 0. The summed E-state index contributed by atoms with van der Waals surface area (Å²) in [5.41, 5.74) is 8.73. The van der Waals surface area contributed by atoms with Crippen molar-refractivity contribution in [1.29, 1.82) is 0 Å². The van der Waals surface area contributed by atoms with Crippen LogP contribution >= 0.6 is 0 Å². The third-order valence-electron chi connectivity index (χ3n) is 6.93. The molecule has 0 saturated heterocycles. The Labute approximate surface area is 185 Å². The molecule has 4 heteroatoms. The van der Waals surface area contributed by atoms with Crippen LogP contribution in [0.25, 0.3) is 10.9 Å². The minimum atomic E-state index is 0.740. The topological polar surface area (TPSA) is 43.8 Å². The average molecular weight is 413 g/mol. The van der Waals surface area contributed by atoms with Gasteiger partial charge in [0.05, 0.1) is 17.6 Å². The number of aromatic nitrogens is 1. The molecule has 0 amide bonds. The molecular formula is C27H32N4. The molecule has 5 rings (SSSR count). The fraction of sp³-hybridized carbons (Fsp3) is 0.407. The van der Waals surface area contributed by atoms with Gasteiger partial charge in [0.2, 0.25) is 0 Å². The summed E-state index contributed by atoms with van der Waals surface area (Å²) in [6.07, 6.45) is 11.9. The van der Waals surface area contributed by atoms with Crippen molar-refractivity contribution in [3.05, 3.63) is 64.8 Å². The zero-order valence-electron chi connectivity index (χ0n) is 18.7. The van der Waals surface area contributed by atoms with Crippen LogP contribution in [0.2, 0.25) is 0 Å². The van der Waals surface area contributed by atoms with Crippen LogP contribution in [-0.4, -0.2) is 31.0 Å². The highest BCUT2D eigenvalue weighted by Gasteiger charge is 2.22. The van der Waals surface area contributed by atoms with Gasteiger partial charge in [-0.25, -0.2) is 0 Å². The second kappa shape index (κ2) is 8.70. The highest BCUT2D eigenvalue weighted by molar-refractivity contribution is 6.06. The first-order valence-corrected chi connectivity index (χ1v) is 11.7. The van der Waals surface area contributed by atoms with E-state index in [-0.39, 0.29) is 0 Å². The van der Waals surface area contributed by atoms with Crippen molar-refractivity contribution in [2.24, 2.45) is 10.2 Å². The Kier molecular flexibility index (Phi) is 5.63.